The Hall–Kier alpha value is 0.1000. The van der Waals surface area contributed by atoms with Gasteiger partial charge in [0.25, 0.3) is 10.5 Å². The fourth-order valence-corrected chi connectivity index (χ4v) is 2.58. The molecule has 0 aliphatic heterocycles. The Morgan fingerprint density at radius 3 is 1.43 bits per heavy atom. The number of benzene rings is 1. The van der Waals surface area contributed by atoms with Crippen molar-refractivity contribution in [3.63, 3.8) is 0 Å². The average Bonchev–Trinajstić information content (AvgIpc) is 2.07. The van der Waals surface area contributed by atoms with E-state index in [0.29, 0.717) is 8.95 Å². The van der Waals surface area contributed by atoms with Gasteiger partial charge in [-0.3, -0.25) is 9.59 Å². The molecule has 0 aromatic heterocycles. The van der Waals surface area contributed by atoms with E-state index in [1.807, 2.05) is 0 Å². The highest BCUT2D eigenvalue weighted by atomic mass is 79.9. The highest BCUT2D eigenvalue weighted by molar-refractivity contribution is 9.11. The fraction of sp³-hybridized carbons (Fsp3) is 0. The van der Waals surface area contributed by atoms with Crippen molar-refractivity contribution in [2.24, 2.45) is 0 Å². The van der Waals surface area contributed by atoms with Crippen LogP contribution in [0.5, 0.6) is 0 Å². The van der Waals surface area contributed by atoms with Gasteiger partial charge in [-0.1, -0.05) is 0 Å². The molecule has 0 saturated carbocycles. The van der Waals surface area contributed by atoms with Crippen LogP contribution in [-0.4, -0.2) is 10.5 Å². The van der Waals surface area contributed by atoms with E-state index in [-0.39, 0.29) is 11.1 Å². The second-order valence-electron chi connectivity index (χ2n) is 2.33. The van der Waals surface area contributed by atoms with E-state index >= 15 is 0 Å². The summed E-state index contributed by atoms with van der Waals surface area (Å²) in [4.78, 5) is 22.1. The first-order valence-corrected chi connectivity index (χ1v) is 5.67. The highest BCUT2D eigenvalue weighted by Crippen LogP contribution is 2.30. The van der Waals surface area contributed by atoms with Gasteiger partial charge >= 0.3 is 0 Å². The molecular formula is C8H2Br2Cl2O2. The van der Waals surface area contributed by atoms with E-state index in [9.17, 15) is 9.59 Å². The third-order valence-electron chi connectivity index (χ3n) is 1.50. The molecule has 0 radical (unpaired) electrons. The Balaban J connectivity index is 3.58. The molecule has 0 amide bonds. The second-order valence-corrected chi connectivity index (χ2v) is 4.72. The zero-order valence-electron chi connectivity index (χ0n) is 6.48. The zero-order valence-corrected chi connectivity index (χ0v) is 11.2. The molecule has 1 aromatic rings. The maximum Gasteiger partial charge on any atom is 0.254 e. The van der Waals surface area contributed by atoms with Crippen molar-refractivity contribution >= 4 is 65.5 Å². The molecular weight excluding hydrogens is 359 g/mol. The van der Waals surface area contributed by atoms with Gasteiger partial charge in [0, 0.05) is 8.95 Å². The van der Waals surface area contributed by atoms with Crippen LogP contribution in [0, 0.1) is 0 Å². The number of hydrogen-bond donors (Lipinski definition) is 0. The molecule has 0 atom stereocenters. The normalized spacial score (nSPS) is 10.0. The molecule has 0 unspecified atom stereocenters. The van der Waals surface area contributed by atoms with E-state index < -0.39 is 10.5 Å². The van der Waals surface area contributed by atoms with Crippen LogP contribution in [0.3, 0.4) is 0 Å². The van der Waals surface area contributed by atoms with Crippen LogP contribution in [0.15, 0.2) is 21.1 Å². The quantitative estimate of drug-likeness (QED) is 0.748. The van der Waals surface area contributed by atoms with E-state index in [2.05, 4.69) is 31.9 Å². The summed E-state index contributed by atoms with van der Waals surface area (Å²) >= 11 is 16.9. The number of carbonyl (C=O) groups excluding carboxylic acids is 2. The van der Waals surface area contributed by atoms with Gasteiger partial charge in [-0.25, -0.2) is 0 Å². The van der Waals surface area contributed by atoms with Crippen LogP contribution in [-0.2, 0) is 0 Å². The minimum atomic E-state index is -0.734. The van der Waals surface area contributed by atoms with Crippen molar-refractivity contribution in [2.75, 3.05) is 0 Å². The van der Waals surface area contributed by atoms with Crippen molar-refractivity contribution in [1.29, 1.82) is 0 Å². The first kappa shape index (κ1) is 12.2. The van der Waals surface area contributed by atoms with Crippen molar-refractivity contribution < 1.29 is 9.59 Å². The summed E-state index contributed by atoms with van der Waals surface area (Å²) in [5.41, 5.74) is 0.141. The number of carbonyl (C=O) groups is 2. The topological polar surface area (TPSA) is 34.1 Å². The van der Waals surface area contributed by atoms with E-state index in [4.69, 9.17) is 23.2 Å². The van der Waals surface area contributed by atoms with Gasteiger partial charge in [-0.2, -0.15) is 0 Å². The Kier molecular flexibility index (Phi) is 4.13. The minimum Gasteiger partial charge on any atom is -0.276 e. The van der Waals surface area contributed by atoms with Crippen LogP contribution in [0.2, 0.25) is 0 Å². The molecule has 1 aromatic carbocycles. The average molecular weight is 361 g/mol. The van der Waals surface area contributed by atoms with Crippen molar-refractivity contribution in [3.05, 3.63) is 32.2 Å². The molecule has 0 heterocycles. The van der Waals surface area contributed by atoms with Gasteiger partial charge in [0.15, 0.2) is 0 Å². The number of halogens is 4. The molecule has 2 nitrogen and oxygen atoms in total. The maximum absolute atomic E-state index is 11.0. The zero-order chi connectivity index (χ0) is 10.9. The van der Waals surface area contributed by atoms with Gasteiger partial charge in [-0.05, 0) is 67.2 Å². The molecule has 0 aliphatic rings. The lowest BCUT2D eigenvalue weighted by atomic mass is 10.1. The largest absolute Gasteiger partial charge is 0.276 e. The molecule has 0 saturated heterocycles. The summed E-state index contributed by atoms with van der Waals surface area (Å²) in [5.74, 6) is 0. The molecule has 0 bridgehead atoms. The first-order valence-electron chi connectivity index (χ1n) is 3.32. The summed E-state index contributed by atoms with van der Waals surface area (Å²) in [6.45, 7) is 0. The maximum atomic E-state index is 11.0. The molecule has 6 heteroatoms. The highest BCUT2D eigenvalue weighted by Gasteiger charge is 2.20. The van der Waals surface area contributed by atoms with Gasteiger partial charge in [0.1, 0.15) is 0 Å². The third kappa shape index (κ3) is 2.37. The molecule has 1 rings (SSSR count). The molecule has 0 aliphatic carbocycles. The fourth-order valence-electron chi connectivity index (χ4n) is 0.936. The molecule has 14 heavy (non-hydrogen) atoms. The van der Waals surface area contributed by atoms with E-state index in [1.54, 1.807) is 12.1 Å². The Morgan fingerprint density at radius 2 is 1.21 bits per heavy atom. The molecule has 74 valence electrons. The summed E-state index contributed by atoms with van der Waals surface area (Å²) < 4.78 is 0.870. The van der Waals surface area contributed by atoms with E-state index in [0.717, 1.165) is 0 Å². The van der Waals surface area contributed by atoms with Crippen LogP contribution < -0.4 is 0 Å². The van der Waals surface area contributed by atoms with Crippen LogP contribution >= 0.6 is 55.1 Å². The van der Waals surface area contributed by atoms with Crippen LogP contribution in [0.25, 0.3) is 0 Å². The smallest absolute Gasteiger partial charge is 0.254 e. The Bertz CT molecular complexity index is 379. The van der Waals surface area contributed by atoms with E-state index in [1.165, 1.54) is 0 Å². The SMILES string of the molecule is O=C(Cl)c1c(Br)ccc(Br)c1C(=O)Cl. The predicted molar refractivity (Wildman–Crippen MR) is 62.2 cm³/mol. The lowest BCUT2D eigenvalue weighted by molar-refractivity contribution is 0.105. The summed E-state index contributed by atoms with van der Waals surface area (Å²) in [6.07, 6.45) is 0. The lowest BCUT2D eigenvalue weighted by Crippen LogP contribution is -2.03. The van der Waals surface area contributed by atoms with Crippen molar-refractivity contribution in [1.82, 2.24) is 0 Å². The summed E-state index contributed by atoms with van der Waals surface area (Å²) in [6, 6.07) is 3.20. The van der Waals surface area contributed by atoms with Crippen LogP contribution in [0.4, 0.5) is 0 Å². The van der Waals surface area contributed by atoms with Crippen molar-refractivity contribution in [2.45, 2.75) is 0 Å². The monoisotopic (exact) mass is 358 g/mol. The third-order valence-corrected chi connectivity index (χ3v) is 3.20. The van der Waals surface area contributed by atoms with Gasteiger partial charge in [-0.15, -0.1) is 0 Å². The predicted octanol–water partition coefficient (Wildman–Crippen LogP) is 3.97. The minimum absolute atomic E-state index is 0.0704. The first-order chi connectivity index (χ1) is 6.45. The lowest BCUT2D eigenvalue weighted by Gasteiger charge is -2.05. The van der Waals surface area contributed by atoms with Gasteiger partial charge in [0.05, 0.1) is 11.1 Å². The summed E-state index contributed by atoms with van der Waals surface area (Å²) in [5, 5.41) is -1.47. The summed E-state index contributed by atoms with van der Waals surface area (Å²) in [7, 11) is 0. The molecule has 0 N–H and O–H groups in total. The number of rotatable bonds is 2. The van der Waals surface area contributed by atoms with Crippen LogP contribution in [0.1, 0.15) is 20.7 Å². The number of hydrogen-bond acceptors (Lipinski definition) is 2. The van der Waals surface area contributed by atoms with Crippen molar-refractivity contribution in [3.8, 4) is 0 Å². The Labute approximate surface area is 107 Å². The van der Waals surface area contributed by atoms with Gasteiger partial charge in [0.2, 0.25) is 0 Å². The van der Waals surface area contributed by atoms with Gasteiger partial charge < -0.3 is 0 Å². The molecule has 0 spiro atoms. The molecule has 0 fully saturated rings. The standard InChI is InChI=1S/C8H2Br2Cl2O2/c9-3-1-2-4(10)6(8(12)14)5(3)7(11)13/h1-2H. The second kappa shape index (κ2) is 4.75. The Morgan fingerprint density at radius 1 is 0.929 bits per heavy atom.